The van der Waals surface area contributed by atoms with E-state index in [-0.39, 0.29) is 18.4 Å². The molecule has 0 fully saturated rings. The minimum Gasteiger partial charge on any atom is -0.469 e. The zero-order chi connectivity index (χ0) is 17.3. The highest BCUT2D eigenvalue weighted by Gasteiger charge is 2.23. The molecule has 0 saturated carbocycles. The summed E-state index contributed by atoms with van der Waals surface area (Å²) in [4.78, 5) is 22.9. The lowest BCUT2D eigenvalue weighted by Gasteiger charge is -2.12. The minimum absolute atomic E-state index is 0.0889. The van der Waals surface area contributed by atoms with E-state index in [4.69, 9.17) is 4.74 Å². The predicted molar refractivity (Wildman–Crippen MR) is 96.7 cm³/mol. The number of methoxy groups -OCH3 is 2. The fourth-order valence-electron chi connectivity index (χ4n) is 2.39. The zero-order valence-electron chi connectivity index (χ0n) is 15.1. The van der Waals surface area contributed by atoms with E-state index in [1.54, 1.807) is 0 Å². The molecular weight excluding hydrogens is 312 g/mol. The van der Waals surface area contributed by atoms with Crippen LogP contribution >= 0.6 is 11.8 Å². The summed E-state index contributed by atoms with van der Waals surface area (Å²) < 4.78 is 9.36. The molecule has 0 N–H and O–H groups in total. The molecule has 0 aliphatic rings. The Morgan fingerprint density at radius 2 is 1.35 bits per heavy atom. The van der Waals surface area contributed by atoms with Crippen LogP contribution in [0.5, 0.6) is 0 Å². The van der Waals surface area contributed by atoms with Crippen LogP contribution in [0.1, 0.15) is 77.6 Å². The first-order valence-corrected chi connectivity index (χ1v) is 9.96. The smallest absolute Gasteiger partial charge is 0.319 e. The summed E-state index contributed by atoms with van der Waals surface area (Å²) in [5, 5.41) is -0.439. The van der Waals surface area contributed by atoms with E-state index < -0.39 is 5.25 Å². The van der Waals surface area contributed by atoms with Gasteiger partial charge < -0.3 is 9.47 Å². The maximum absolute atomic E-state index is 11.6. The number of esters is 2. The van der Waals surface area contributed by atoms with E-state index in [1.165, 1.54) is 83.8 Å². The van der Waals surface area contributed by atoms with Gasteiger partial charge in [0, 0.05) is 0 Å². The van der Waals surface area contributed by atoms with Crippen LogP contribution in [0.2, 0.25) is 0 Å². The van der Waals surface area contributed by atoms with Crippen LogP contribution in [-0.4, -0.2) is 37.2 Å². The third kappa shape index (κ3) is 13.4. The van der Waals surface area contributed by atoms with Gasteiger partial charge in [0.1, 0.15) is 5.25 Å². The molecule has 5 heteroatoms. The summed E-state index contributed by atoms with van der Waals surface area (Å²) in [5.41, 5.74) is 0. The second-order valence-corrected chi connectivity index (χ2v) is 7.16. The molecule has 136 valence electrons. The van der Waals surface area contributed by atoms with Gasteiger partial charge in [-0.3, -0.25) is 9.59 Å². The van der Waals surface area contributed by atoms with Crippen LogP contribution in [0, 0.1) is 0 Å². The number of hydrogen-bond acceptors (Lipinski definition) is 5. The summed E-state index contributed by atoms with van der Waals surface area (Å²) in [6.07, 6.45) is 13.0. The van der Waals surface area contributed by atoms with Crippen molar-refractivity contribution in [3.05, 3.63) is 0 Å². The van der Waals surface area contributed by atoms with Gasteiger partial charge in [0.15, 0.2) is 0 Å². The molecule has 0 bridgehead atoms. The van der Waals surface area contributed by atoms with Crippen molar-refractivity contribution < 1.29 is 19.1 Å². The lowest BCUT2D eigenvalue weighted by molar-refractivity contribution is -0.146. The Labute approximate surface area is 146 Å². The molecule has 23 heavy (non-hydrogen) atoms. The van der Waals surface area contributed by atoms with Gasteiger partial charge in [0.2, 0.25) is 0 Å². The molecule has 4 nitrogen and oxygen atoms in total. The van der Waals surface area contributed by atoms with Gasteiger partial charge in [-0.05, 0) is 12.2 Å². The fourth-order valence-corrected chi connectivity index (χ4v) is 3.53. The molecule has 0 aromatic heterocycles. The first-order valence-electron chi connectivity index (χ1n) is 8.91. The van der Waals surface area contributed by atoms with Crippen molar-refractivity contribution in [2.24, 2.45) is 0 Å². The topological polar surface area (TPSA) is 52.6 Å². The van der Waals surface area contributed by atoms with Crippen LogP contribution in [0.3, 0.4) is 0 Å². The van der Waals surface area contributed by atoms with Crippen LogP contribution in [0.15, 0.2) is 0 Å². The van der Waals surface area contributed by atoms with Gasteiger partial charge in [-0.15, -0.1) is 11.8 Å². The Bertz CT molecular complexity index is 307. The van der Waals surface area contributed by atoms with Crippen molar-refractivity contribution in [2.45, 2.75) is 82.8 Å². The lowest BCUT2D eigenvalue weighted by atomic mass is 10.1. The van der Waals surface area contributed by atoms with E-state index >= 15 is 0 Å². The van der Waals surface area contributed by atoms with E-state index in [9.17, 15) is 9.59 Å². The highest BCUT2D eigenvalue weighted by Crippen LogP contribution is 2.19. The number of ether oxygens (including phenoxy) is 2. The molecular formula is C18H34O4S. The SMILES string of the molecule is CCCCCCCCCCCCS[C@@H](CC(=O)OC)C(=O)OC. The molecule has 0 spiro atoms. The van der Waals surface area contributed by atoms with E-state index in [0.29, 0.717) is 0 Å². The average Bonchev–Trinajstić information content (AvgIpc) is 2.57. The normalized spacial score (nSPS) is 12.0. The van der Waals surface area contributed by atoms with E-state index in [0.717, 1.165) is 12.2 Å². The van der Waals surface area contributed by atoms with Gasteiger partial charge in [-0.25, -0.2) is 0 Å². The van der Waals surface area contributed by atoms with Crippen molar-refractivity contribution in [2.75, 3.05) is 20.0 Å². The standard InChI is InChI=1S/C18H34O4S/c1-4-5-6-7-8-9-10-11-12-13-14-23-16(18(20)22-3)15-17(19)21-2/h16H,4-15H2,1-3H3/t16-/m0/s1. The van der Waals surface area contributed by atoms with Crippen LogP contribution in [0.4, 0.5) is 0 Å². The van der Waals surface area contributed by atoms with Crippen molar-refractivity contribution in [1.29, 1.82) is 0 Å². The number of rotatable bonds is 15. The van der Waals surface area contributed by atoms with Crippen LogP contribution in [0.25, 0.3) is 0 Å². The Hall–Kier alpha value is -0.710. The van der Waals surface area contributed by atoms with Crippen LogP contribution in [-0.2, 0) is 19.1 Å². The van der Waals surface area contributed by atoms with Gasteiger partial charge in [-0.1, -0.05) is 64.7 Å². The molecule has 0 aromatic carbocycles. The number of unbranched alkanes of at least 4 members (excludes halogenated alkanes) is 9. The highest BCUT2D eigenvalue weighted by atomic mass is 32.2. The Morgan fingerprint density at radius 1 is 0.826 bits per heavy atom. The number of carbonyl (C=O) groups excluding carboxylic acids is 2. The van der Waals surface area contributed by atoms with Crippen LogP contribution < -0.4 is 0 Å². The summed E-state index contributed by atoms with van der Waals surface area (Å²) in [7, 11) is 2.69. The largest absolute Gasteiger partial charge is 0.469 e. The first-order chi connectivity index (χ1) is 11.2. The molecule has 0 aliphatic heterocycles. The number of thioether (sulfide) groups is 1. The third-order valence-corrected chi connectivity index (χ3v) is 5.15. The summed E-state index contributed by atoms with van der Waals surface area (Å²) in [5.74, 6) is 0.177. The summed E-state index contributed by atoms with van der Waals surface area (Å²) in [6, 6.07) is 0. The second kappa shape index (κ2) is 16.2. The maximum Gasteiger partial charge on any atom is 0.319 e. The Balaban J connectivity index is 3.58. The Kier molecular flexibility index (Phi) is 15.7. The van der Waals surface area contributed by atoms with Gasteiger partial charge in [-0.2, -0.15) is 0 Å². The molecule has 1 atom stereocenters. The lowest BCUT2D eigenvalue weighted by Crippen LogP contribution is -2.23. The molecule has 0 heterocycles. The molecule has 0 aromatic rings. The minimum atomic E-state index is -0.439. The molecule has 0 unspecified atom stereocenters. The van der Waals surface area contributed by atoms with E-state index in [2.05, 4.69) is 11.7 Å². The van der Waals surface area contributed by atoms with Gasteiger partial charge >= 0.3 is 11.9 Å². The predicted octanol–water partition coefficient (Wildman–Crippen LogP) is 4.75. The van der Waals surface area contributed by atoms with E-state index in [1.807, 2.05) is 0 Å². The third-order valence-electron chi connectivity index (χ3n) is 3.86. The first kappa shape index (κ1) is 22.3. The van der Waals surface area contributed by atoms with Crippen molar-refractivity contribution in [1.82, 2.24) is 0 Å². The zero-order valence-corrected chi connectivity index (χ0v) is 15.9. The quantitative estimate of drug-likeness (QED) is 0.316. The Morgan fingerprint density at radius 3 is 1.83 bits per heavy atom. The maximum atomic E-state index is 11.6. The van der Waals surface area contributed by atoms with Crippen molar-refractivity contribution in [3.8, 4) is 0 Å². The monoisotopic (exact) mass is 346 g/mol. The van der Waals surface area contributed by atoms with Crippen molar-refractivity contribution >= 4 is 23.7 Å². The summed E-state index contributed by atoms with van der Waals surface area (Å²) >= 11 is 1.50. The number of hydrogen-bond donors (Lipinski definition) is 0. The summed E-state index contributed by atoms with van der Waals surface area (Å²) in [6.45, 7) is 2.24. The molecule has 0 radical (unpaired) electrons. The number of carbonyl (C=O) groups is 2. The molecule has 0 saturated heterocycles. The second-order valence-electron chi connectivity index (χ2n) is 5.84. The molecule has 0 aliphatic carbocycles. The molecule has 0 rings (SSSR count). The van der Waals surface area contributed by atoms with Gasteiger partial charge in [0.05, 0.1) is 20.6 Å². The highest BCUT2D eigenvalue weighted by molar-refractivity contribution is 8.00. The average molecular weight is 347 g/mol. The van der Waals surface area contributed by atoms with Gasteiger partial charge in [0.25, 0.3) is 0 Å². The fraction of sp³-hybridized carbons (Fsp3) is 0.889. The van der Waals surface area contributed by atoms with Crippen molar-refractivity contribution in [3.63, 3.8) is 0 Å². The molecule has 0 amide bonds.